The van der Waals surface area contributed by atoms with E-state index in [9.17, 15) is 9.59 Å². The van der Waals surface area contributed by atoms with E-state index >= 15 is 0 Å². The first kappa shape index (κ1) is 13.7. The van der Waals surface area contributed by atoms with Gasteiger partial charge in [0.05, 0.1) is 0 Å². The summed E-state index contributed by atoms with van der Waals surface area (Å²) in [5, 5.41) is 0. The fourth-order valence-electron chi connectivity index (χ4n) is 1.88. The van der Waals surface area contributed by atoms with E-state index in [0.717, 1.165) is 34.6 Å². The highest BCUT2D eigenvalue weighted by molar-refractivity contribution is 9.10. The molecule has 1 fully saturated rings. The molecule has 0 bridgehead atoms. The number of carbonyl (C=O) groups excluding carboxylic acids is 1. The summed E-state index contributed by atoms with van der Waals surface area (Å²) in [6.07, 6.45) is 0.987. The molecule has 0 saturated carbocycles. The van der Waals surface area contributed by atoms with Gasteiger partial charge in [0.15, 0.2) is 0 Å². The number of H-pyrrole nitrogens is 1. The maximum Gasteiger partial charge on any atom is 0.261 e. The first-order valence-corrected chi connectivity index (χ1v) is 7.81. The van der Waals surface area contributed by atoms with Crippen LogP contribution in [0, 0.1) is 6.92 Å². The Kier molecular flexibility index (Phi) is 4.50. The molecule has 2 heterocycles. The molecule has 18 heavy (non-hydrogen) atoms. The summed E-state index contributed by atoms with van der Waals surface area (Å²) in [5.74, 6) is 1.86. The molecular formula is C12H15BrN2O2S. The summed E-state index contributed by atoms with van der Waals surface area (Å²) in [6.45, 7) is 3.24. The number of aryl methyl sites for hydroxylation is 1. The van der Waals surface area contributed by atoms with Crippen molar-refractivity contribution in [3.05, 3.63) is 32.2 Å². The number of nitrogens with one attached hydrogen (secondary N) is 1. The van der Waals surface area contributed by atoms with Gasteiger partial charge in [-0.1, -0.05) is 0 Å². The Balaban J connectivity index is 2.27. The maximum absolute atomic E-state index is 12.3. The molecule has 0 spiro atoms. The molecule has 1 aliphatic rings. The summed E-state index contributed by atoms with van der Waals surface area (Å²) in [4.78, 5) is 28.6. The van der Waals surface area contributed by atoms with Crippen LogP contribution in [-0.4, -0.2) is 40.4 Å². The lowest BCUT2D eigenvalue weighted by atomic mass is 10.2. The van der Waals surface area contributed by atoms with Crippen LogP contribution in [0.4, 0.5) is 0 Å². The van der Waals surface area contributed by atoms with Crippen LogP contribution >= 0.6 is 27.7 Å². The van der Waals surface area contributed by atoms with Crippen molar-refractivity contribution < 1.29 is 4.79 Å². The average molecular weight is 331 g/mol. The van der Waals surface area contributed by atoms with Gasteiger partial charge in [0, 0.05) is 29.0 Å². The van der Waals surface area contributed by atoms with E-state index in [0.29, 0.717) is 6.54 Å². The second-order valence-electron chi connectivity index (χ2n) is 4.24. The molecule has 1 aromatic heterocycles. The van der Waals surface area contributed by atoms with E-state index in [1.165, 1.54) is 0 Å². The van der Waals surface area contributed by atoms with Gasteiger partial charge in [-0.3, -0.25) is 9.59 Å². The lowest BCUT2D eigenvalue weighted by Gasteiger charge is -2.19. The third-order valence-corrected chi connectivity index (χ3v) is 4.79. The average Bonchev–Trinajstić information content (AvgIpc) is 2.61. The molecule has 4 nitrogen and oxygen atoms in total. The normalized spacial score (nSPS) is 16.4. The van der Waals surface area contributed by atoms with Gasteiger partial charge in [0.2, 0.25) is 0 Å². The number of thioether (sulfide) groups is 1. The second kappa shape index (κ2) is 5.93. The molecule has 0 aromatic carbocycles. The van der Waals surface area contributed by atoms with Crippen molar-refractivity contribution in [1.82, 2.24) is 9.88 Å². The van der Waals surface area contributed by atoms with Crippen LogP contribution in [0.25, 0.3) is 0 Å². The number of nitrogens with zero attached hydrogens (tertiary/aromatic N) is 1. The fraction of sp³-hybridized carbons (Fsp3) is 0.500. The number of amides is 1. The summed E-state index contributed by atoms with van der Waals surface area (Å²) >= 11 is 5.20. The smallest absolute Gasteiger partial charge is 0.261 e. The van der Waals surface area contributed by atoms with Crippen LogP contribution in [0.5, 0.6) is 0 Å². The van der Waals surface area contributed by atoms with E-state index in [-0.39, 0.29) is 17.0 Å². The van der Waals surface area contributed by atoms with E-state index in [1.807, 2.05) is 11.8 Å². The Labute approximate surface area is 118 Å². The van der Waals surface area contributed by atoms with E-state index < -0.39 is 0 Å². The summed E-state index contributed by atoms with van der Waals surface area (Å²) in [7, 11) is 0. The van der Waals surface area contributed by atoms with Crippen molar-refractivity contribution in [2.45, 2.75) is 13.3 Å². The van der Waals surface area contributed by atoms with Crippen molar-refractivity contribution in [2.24, 2.45) is 0 Å². The molecule has 1 aromatic rings. The molecule has 6 heteroatoms. The molecule has 1 amide bonds. The minimum absolute atomic E-state index is 0.167. The van der Waals surface area contributed by atoms with Crippen LogP contribution in [0.15, 0.2) is 15.3 Å². The topological polar surface area (TPSA) is 53.2 Å². The molecule has 98 valence electrons. The summed E-state index contributed by atoms with van der Waals surface area (Å²) in [6, 6.07) is 1.62. The molecule has 0 atom stereocenters. The molecule has 1 saturated heterocycles. The van der Waals surface area contributed by atoms with Gasteiger partial charge in [0.25, 0.3) is 11.5 Å². The first-order valence-electron chi connectivity index (χ1n) is 5.86. The number of pyridine rings is 1. The van der Waals surface area contributed by atoms with Gasteiger partial charge < -0.3 is 9.88 Å². The van der Waals surface area contributed by atoms with Crippen LogP contribution in [0.1, 0.15) is 22.5 Å². The SMILES string of the molecule is Cc1[nH]c(=O)c(C(=O)N2CCCSCC2)cc1Br. The quantitative estimate of drug-likeness (QED) is 0.857. The zero-order valence-corrected chi connectivity index (χ0v) is 12.6. The maximum atomic E-state index is 12.3. The lowest BCUT2D eigenvalue weighted by molar-refractivity contribution is 0.0766. The molecule has 1 N–H and O–H groups in total. The minimum atomic E-state index is -0.308. The zero-order chi connectivity index (χ0) is 13.1. The predicted octanol–water partition coefficient (Wildman–Crippen LogP) is 2.02. The second-order valence-corrected chi connectivity index (χ2v) is 6.32. The first-order chi connectivity index (χ1) is 8.59. The number of hydrogen-bond donors (Lipinski definition) is 1. The largest absolute Gasteiger partial charge is 0.338 e. The Morgan fingerprint density at radius 3 is 3.00 bits per heavy atom. The molecule has 0 aliphatic carbocycles. The van der Waals surface area contributed by atoms with Crippen LogP contribution in [-0.2, 0) is 0 Å². The Morgan fingerprint density at radius 1 is 1.44 bits per heavy atom. The Bertz CT molecular complexity index is 507. The standard InChI is InChI=1S/C12H15BrN2O2S/c1-8-10(13)7-9(11(16)14-8)12(17)15-3-2-5-18-6-4-15/h7H,2-6H2,1H3,(H,14,16). The van der Waals surface area contributed by atoms with Gasteiger partial charge in [-0.15, -0.1) is 0 Å². The Morgan fingerprint density at radius 2 is 2.22 bits per heavy atom. The highest BCUT2D eigenvalue weighted by atomic mass is 79.9. The van der Waals surface area contributed by atoms with Crippen molar-refractivity contribution in [1.29, 1.82) is 0 Å². The summed E-state index contributed by atoms with van der Waals surface area (Å²) in [5.41, 5.74) is 0.653. The zero-order valence-electron chi connectivity index (χ0n) is 10.2. The van der Waals surface area contributed by atoms with Crippen molar-refractivity contribution >= 4 is 33.6 Å². The molecular weight excluding hydrogens is 316 g/mol. The van der Waals surface area contributed by atoms with Crippen LogP contribution in [0.3, 0.4) is 0 Å². The predicted molar refractivity (Wildman–Crippen MR) is 77.3 cm³/mol. The number of aromatic amines is 1. The van der Waals surface area contributed by atoms with E-state index in [1.54, 1.807) is 17.9 Å². The minimum Gasteiger partial charge on any atom is -0.338 e. The highest BCUT2D eigenvalue weighted by Crippen LogP contribution is 2.16. The van der Waals surface area contributed by atoms with Gasteiger partial charge in [-0.05, 0) is 41.1 Å². The Hall–Kier alpha value is -0.750. The molecule has 1 aliphatic heterocycles. The molecule has 2 rings (SSSR count). The van der Waals surface area contributed by atoms with E-state index in [2.05, 4.69) is 20.9 Å². The lowest BCUT2D eigenvalue weighted by Crippen LogP contribution is -2.36. The number of rotatable bonds is 1. The molecule has 0 radical (unpaired) electrons. The van der Waals surface area contributed by atoms with Gasteiger partial charge >= 0.3 is 0 Å². The van der Waals surface area contributed by atoms with Gasteiger partial charge in [0.1, 0.15) is 5.56 Å². The third-order valence-electron chi connectivity index (χ3n) is 2.91. The van der Waals surface area contributed by atoms with Crippen LogP contribution in [0.2, 0.25) is 0 Å². The number of hydrogen-bond acceptors (Lipinski definition) is 3. The van der Waals surface area contributed by atoms with Crippen LogP contribution < -0.4 is 5.56 Å². The third kappa shape index (κ3) is 2.98. The van der Waals surface area contributed by atoms with Gasteiger partial charge in [-0.25, -0.2) is 0 Å². The van der Waals surface area contributed by atoms with Crippen molar-refractivity contribution in [2.75, 3.05) is 24.6 Å². The fourth-order valence-corrected chi connectivity index (χ4v) is 3.09. The monoisotopic (exact) mass is 330 g/mol. The number of aromatic nitrogens is 1. The molecule has 0 unspecified atom stereocenters. The van der Waals surface area contributed by atoms with Gasteiger partial charge in [-0.2, -0.15) is 11.8 Å². The number of carbonyl (C=O) groups is 1. The van der Waals surface area contributed by atoms with Crippen molar-refractivity contribution in [3.8, 4) is 0 Å². The van der Waals surface area contributed by atoms with Crippen molar-refractivity contribution in [3.63, 3.8) is 0 Å². The highest BCUT2D eigenvalue weighted by Gasteiger charge is 2.20. The number of halogens is 1. The van der Waals surface area contributed by atoms with E-state index in [4.69, 9.17) is 0 Å². The summed E-state index contributed by atoms with van der Waals surface area (Å²) < 4.78 is 0.759.